The van der Waals surface area contributed by atoms with Gasteiger partial charge in [0, 0.05) is 17.0 Å². The van der Waals surface area contributed by atoms with Gasteiger partial charge in [-0.1, -0.05) is 19.9 Å². The highest BCUT2D eigenvalue weighted by molar-refractivity contribution is 5.98. The van der Waals surface area contributed by atoms with E-state index in [-0.39, 0.29) is 16.7 Å². The Hall–Kier alpha value is -1.42. The Bertz CT molecular complexity index is 575. The van der Waals surface area contributed by atoms with Crippen LogP contribution in [0.4, 0.5) is 5.82 Å². The number of anilines is 1. The molecule has 4 nitrogen and oxygen atoms in total. The molecule has 3 fully saturated rings. The van der Waals surface area contributed by atoms with E-state index < -0.39 is 5.60 Å². The van der Waals surface area contributed by atoms with Crippen molar-refractivity contribution in [2.24, 2.45) is 16.7 Å². The molecule has 1 amide bonds. The van der Waals surface area contributed by atoms with E-state index in [4.69, 9.17) is 4.74 Å². The lowest BCUT2D eigenvalue weighted by molar-refractivity contribution is -0.149. The second-order valence-electron chi connectivity index (χ2n) is 6.97. The lowest BCUT2D eigenvalue weighted by atomic mass is 9.66. The van der Waals surface area contributed by atoms with E-state index in [1.165, 1.54) is 6.42 Å². The van der Waals surface area contributed by atoms with Crippen LogP contribution in [0.1, 0.15) is 33.1 Å². The fourth-order valence-electron chi connectivity index (χ4n) is 4.91. The van der Waals surface area contributed by atoms with Crippen LogP contribution in [0.2, 0.25) is 0 Å². The van der Waals surface area contributed by atoms with Crippen LogP contribution < -0.4 is 5.32 Å². The van der Waals surface area contributed by atoms with Gasteiger partial charge in [0.25, 0.3) is 5.91 Å². The van der Waals surface area contributed by atoms with Gasteiger partial charge in [-0.2, -0.15) is 0 Å². The molecule has 2 aliphatic carbocycles. The number of aromatic nitrogens is 1. The molecule has 2 saturated carbocycles. The second kappa shape index (κ2) is 3.61. The number of carbonyl (C=O) groups excluding carboxylic acids is 1. The van der Waals surface area contributed by atoms with Gasteiger partial charge in [-0.05, 0) is 37.3 Å². The summed E-state index contributed by atoms with van der Waals surface area (Å²) in [6.07, 6.45) is 4.87. The zero-order chi connectivity index (χ0) is 14.0. The summed E-state index contributed by atoms with van der Waals surface area (Å²) in [7, 11) is 0. The van der Waals surface area contributed by atoms with Gasteiger partial charge in [-0.25, -0.2) is 4.98 Å². The summed E-state index contributed by atoms with van der Waals surface area (Å²) in [5.41, 5.74) is -0.528. The van der Waals surface area contributed by atoms with Crippen molar-refractivity contribution in [1.29, 1.82) is 0 Å². The van der Waals surface area contributed by atoms with Gasteiger partial charge >= 0.3 is 0 Å². The number of hydrogen-bond acceptors (Lipinski definition) is 3. The van der Waals surface area contributed by atoms with Crippen molar-refractivity contribution in [3.05, 3.63) is 24.4 Å². The van der Waals surface area contributed by atoms with Gasteiger partial charge in [-0.15, -0.1) is 0 Å². The highest BCUT2D eigenvalue weighted by Crippen LogP contribution is 2.75. The van der Waals surface area contributed by atoms with Gasteiger partial charge in [0.15, 0.2) is 5.60 Å². The minimum Gasteiger partial charge on any atom is -0.364 e. The number of pyridine rings is 1. The minimum atomic E-state index is -0.651. The zero-order valence-electron chi connectivity index (χ0n) is 12.0. The fraction of sp³-hybridized carbons (Fsp3) is 0.625. The first-order chi connectivity index (χ1) is 9.52. The minimum absolute atomic E-state index is 0.00961. The van der Waals surface area contributed by atoms with E-state index >= 15 is 0 Å². The molecule has 4 bridgehead atoms. The molecule has 20 heavy (non-hydrogen) atoms. The summed E-state index contributed by atoms with van der Waals surface area (Å²) >= 11 is 0. The van der Waals surface area contributed by atoms with Crippen LogP contribution in [0.5, 0.6) is 0 Å². The molecule has 1 N–H and O–H groups in total. The van der Waals surface area contributed by atoms with Crippen LogP contribution in [0.15, 0.2) is 24.4 Å². The molecule has 1 aromatic rings. The lowest BCUT2D eigenvalue weighted by Crippen LogP contribution is -2.52. The maximum Gasteiger partial charge on any atom is 0.258 e. The van der Waals surface area contributed by atoms with Crippen molar-refractivity contribution in [2.75, 3.05) is 11.9 Å². The van der Waals surface area contributed by atoms with Crippen molar-refractivity contribution in [1.82, 2.24) is 4.98 Å². The van der Waals surface area contributed by atoms with Crippen molar-refractivity contribution in [2.45, 2.75) is 38.7 Å². The van der Waals surface area contributed by atoms with Crippen LogP contribution in [-0.4, -0.2) is 23.1 Å². The van der Waals surface area contributed by atoms with E-state index in [2.05, 4.69) is 24.1 Å². The molecule has 0 radical (unpaired) electrons. The van der Waals surface area contributed by atoms with E-state index in [1.807, 2.05) is 18.2 Å². The Morgan fingerprint density at radius 1 is 1.45 bits per heavy atom. The Labute approximate surface area is 118 Å². The SMILES string of the molecule is CC12COC3(C(=O)Nc4ccccn4)CC1CCC32C. The number of ether oxygens (including phenoxy) is 1. The Morgan fingerprint density at radius 2 is 2.30 bits per heavy atom. The molecule has 1 aromatic heterocycles. The molecule has 1 saturated heterocycles. The molecular formula is C16H20N2O2. The third-order valence-electron chi connectivity index (χ3n) is 6.47. The van der Waals surface area contributed by atoms with E-state index in [0.29, 0.717) is 18.3 Å². The molecule has 2 heterocycles. The number of amides is 1. The first-order valence-electron chi connectivity index (χ1n) is 7.38. The third-order valence-corrected chi connectivity index (χ3v) is 6.47. The summed E-state index contributed by atoms with van der Waals surface area (Å²) in [4.78, 5) is 17.0. The quantitative estimate of drug-likeness (QED) is 0.900. The van der Waals surface area contributed by atoms with Gasteiger partial charge in [0.2, 0.25) is 0 Å². The Balaban J connectivity index is 1.68. The van der Waals surface area contributed by atoms with Crippen molar-refractivity contribution in [3.63, 3.8) is 0 Å². The lowest BCUT2D eigenvalue weighted by Gasteiger charge is -2.39. The smallest absolute Gasteiger partial charge is 0.258 e. The van der Waals surface area contributed by atoms with Crippen molar-refractivity contribution in [3.8, 4) is 0 Å². The normalized spacial score (nSPS) is 44.8. The fourth-order valence-corrected chi connectivity index (χ4v) is 4.91. The molecule has 4 unspecified atom stereocenters. The molecule has 106 valence electrons. The monoisotopic (exact) mass is 272 g/mol. The van der Waals surface area contributed by atoms with Crippen LogP contribution >= 0.6 is 0 Å². The molecule has 4 atom stereocenters. The predicted octanol–water partition coefficient (Wildman–Crippen LogP) is 2.62. The highest BCUT2D eigenvalue weighted by Gasteiger charge is 2.78. The Morgan fingerprint density at radius 3 is 2.95 bits per heavy atom. The molecule has 4 rings (SSSR count). The summed E-state index contributed by atoms with van der Waals surface area (Å²) in [6.45, 7) is 5.25. The topological polar surface area (TPSA) is 51.2 Å². The predicted molar refractivity (Wildman–Crippen MR) is 75.1 cm³/mol. The molecule has 0 aromatic carbocycles. The van der Waals surface area contributed by atoms with Crippen molar-refractivity contribution < 1.29 is 9.53 Å². The molecule has 1 aliphatic heterocycles. The van der Waals surface area contributed by atoms with Gasteiger partial charge < -0.3 is 10.1 Å². The standard InChI is InChI=1S/C16H20N2O2/c1-14-10-20-16(9-11(14)6-7-15(14,16)2)13(19)18-12-5-3-4-8-17-12/h3-5,8,11H,6-7,9-10H2,1-2H3,(H,17,18,19). The number of hydrogen-bond donors (Lipinski definition) is 1. The second-order valence-corrected chi connectivity index (χ2v) is 6.97. The molecule has 3 aliphatic rings. The van der Waals surface area contributed by atoms with Crippen LogP contribution in [0, 0.1) is 16.7 Å². The van der Waals surface area contributed by atoms with E-state index in [9.17, 15) is 4.79 Å². The van der Waals surface area contributed by atoms with Crippen LogP contribution in [0.25, 0.3) is 0 Å². The largest absolute Gasteiger partial charge is 0.364 e. The first kappa shape index (κ1) is 12.3. The highest BCUT2D eigenvalue weighted by atomic mass is 16.5. The van der Waals surface area contributed by atoms with Gasteiger partial charge in [0.1, 0.15) is 5.82 Å². The number of carbonyl (C=O) groups is 1. The number of nitrogens with zero attached hydrogens (tertiary/aromatic N) is 1. The molecule has 4 heteroatoms. The summed E-state index contributed by atoms with van der Waals surface area (Å²) in [6, 6.07) is 5.54. The van der Waals surface area contributed by atoms with Crippen LogP contribution in [0.3, 0.4) is 0 Å². The van der Waals surface area contributed by atoms with Gasteiger partial charge in [0.05, 0.1) is 6.61 Å². The average molecular weight is 272 g/mol. The first-order valence-corrected chi connectivity index (χ1v) is 7.38. The number of nitrogens with one attached hydrogen (secondary N) is 1. The average Bonchev–Trinajstić information content (AvgIpc) is 2.92. The summed E-state index contributed by atoms with van der Waals surface area (Å²) < 4.78 is 6.07. The van der Waals surface area contributed by atoms with E-state index in [0.717, 1.165) is 12.8 Å². The number of rotatable bonds is 2. The maximum atomic E-state index is 12.9. The Kier molecular flexibility index (Phi) is 2.23. The molecule has 0 spiro atoms. The third kappa shape index (κ3) is 1.17. The van der Waals surface area contributed by atoms with Crippen LogP contribution in [-0.2, 0) is 9.53 Å². The van der Waals surface area contributed by atoms with E-state index in [1.54, 1.807) is 6.20 Å². The van der Waals surface area contributed by atoms with Crippen molar-refractivity contribution >= 4 is 11.7 Å². The van der Waals surface area contributed by atoms with Gasteiger partial charge in [-0.3, -0.25) is 4.79 Å². The summed E-state index contributed by atoms with van der Waals surface area (Å²) in [5.74, 6) is 1.22. The summed E-state index contributed by atoms with van der Waals surface area (Å²) in [5, 5.41) is 2.95. The zero-order valence-corrected chi connectivity index (χ0v) is 12.0. The molecular weight excluding hydrogens is 252 g/mol. The maximum absolute atomic E-state index is 12.9.